The number of rotatable bonds is 7. The number of hydrogen-bond acceptors (Lipinski definition) is 3. The van der Waals surface area contributed by atoms with Gasteiger partial charge in [-0.05, 0) is 66.6 Å². The lowest BCUT2D eigenvalue weighted by Crippen LogP contribution is -2.30. The molecule has 138 valence electrons. The summed E-state index contributed by atoms with van der Waals surface area (Å²) in [6, 6.07) is 15.7. The van der Waals surface area contributed by atoms with E-state index >= 15 is 0 Å². The lowest BCUT2D eigenvalue weighted by atomic mass is 9.86. The number of ether oxygens (including phenoxy) is 1. The van der Waals surface area contributed by atoms with Crippen molar-refractivity contribution in [3.05, 3.63) is 64.7 Å². The van der Waals surface area contributed by atoms with Crippen molar-refractivity contribution in [1.29, 1.82) is 0 Å². The molecule has 1 saturated carbocycles. The highest BCUT2D eigenvalue weighted by Gasteiger charge is 2.19. The second-order valence-corrected chi connectivity index (χ2v) is 7.85. The molecule has 3 nitrogen and oxygen atoms in total. The van der Waals surface area contributed by atoms with Gasteiger partial charge in [0.25, 0.3) is 0 Å². The molecule has 1 N–H and O–H groups in total. The molecule has 4 rings (SSSR count). The lowest BCUT2D eigenvalue weighted by Gasteiger charge is -2.29. The van der Waals surface area contributed by atoms with Crippen molar-refractivity contribution in [2.75, 3.05) is 20.2 Å². The Kier molecular flexibility index (Phi) is 5.57. The van der Waals surface area contributed by atoms with Crippen LogP contribution < -0.4 is 10.1 Å². The van der Waals surface area contributed by atoms with Gasteiger partial charge in [0.05, 0.1) is 6.61 Å². The first kappa shape index (κ1) is 17.6. The highest BCUT2D eigenvalue weighted by molar-refractivity contribution is 5.37. The Balaban J connectivity index is 1.33. The summed E-state index contributed by atoms with van der Waals surface area (Å²) in [5, 5.41) is 3.20. The number of fused-ring (bicyclic) bond motifs is 1. The van der Waals surface area contributed by atoms with Crippen LogP contribution in [0.1, 0.15) is 41.5 Å². The molecule has 2 aliphatic rings. The summed E-state index contributed by atoms with van der Waals surface area (Å²) in [6.07, 6.45) is 5.19. The van der Waals surface area contributed by atoms with Gasteiger partial charge >= 0.3 is 0 Å². The van der Waals surface area contributed by atoms with Gasteiger partial charge in [0.15, 0.2) is 0 Å². The van der Waals surface area contributed by atoms with Crippen LogP contribution in [0.15, 0.2) is 42.5 Å². The largest absolute Gasteiger partial charge is 0.493 e. The molecular formula is C23H30N2O. The van der Waals surface area contributed by atoms with Gasteiger partial charge in [0, 0.05) is 26.2 Å². The Morgan fingerprint density at radius 1 is 1.04 bits per heavy atom. The molecule has 0 spiro atoms. The molecule has 0 atom stereocenters. The van der Waals surface area contributed by atoms with Crippen molar-refractivity contribution in [2.24, 2.45) is 5.92 Å². The third-order valence-corrected chi connectivity index (χ3v) is 5.79. The van der Waals surface area contributed by atoms with E-state index in [-0.39, 0.29) is 0 Å². The average molecular weight is 351 g/mol. The molecule has 0 unspecified atom stereocenters. The summed E-state index contributed by atoms with van der Waals surface area (Å²) < 4.78 is 6.01. The van der Waals surface area contributed by atoms with E-state index in [1.165, 1.54) is 41.5 Å². The Morgan fingerprint density at radius 2 is 1.85 bits per heavy atom. The molecule has 0 amide bonds. The normalized spacial score (nSPS) is 17.6. The second kappa shape index (κ2) is 8.24. The van der Waals surface area contributed by atoms with Crippen LogP contribution in [0.4, 0.5) is 0 Å². The van der Waals surface area contributed by atoms with E-state index in [1.807, 2.05) is 7.05 Å². The van der Waals surface area contributed by atoms with Crippen molar-refractivity contribution in [3.8, 4) is 5.75 Å². The van der Waals surface area contributed by atoms with Crippen molar-refractivity contribution in [3.63, 3.8) is 0 Å². The second-order valence-electron chi connectivity index (χ2n) is 7.85. The van der Waals surface area contributed by atoms with Gasteiger partial charge in [-0.25, -0.2) is 0 Å². The molecule has 1 heterocycles. The fourth-order valence-corrected chi connectivity index (χ4v) is 3.91. The van der Waals surface area contributed by atoms with E-state index in [9.17, 15) is 0 Å². The Labute approximate surface area is 157 Å². The van der Waals surface area contributed by atoms with E-state index in [0.29, 0.717) is 0 Å². The quantitative estimate of drug-likeness (QED) is 0.812. The average Bonchev–Trinajstić information content (AvgIpc) is 2.62. The molecule has 1 aliphatic carbocycles. The van der Waals surface area contributed by atoms with Crippen LogP contribution in [0.25, 0.3) is 0 Å². The molecule has 1 aliphatic heterocycles. The number of hydrogen-bond donors (Lipinski definition) is 1. The third-order valence-electron chi connectivity index (χ3n) is 5.79. The first-order valence-corrected chi connectivity index (χ1v) is 9.99. The fourth-order valence-electron chi connectivity index (χ4n) is 3.91. The SMILES string of the molecule is CNCc1ccc(CN2CCc3cc(OCC4CCC4)ccc3C2)cc1. The minimum absolute atomic E-state index is 0.793. The summed E-state index contributed by atoms with van der Waals surface area (Å²) in [5.74, 6) is 1.85. The van der Waals surface area contributed by atoms with Crippen LogP contribution >= 0.6 is 0 Å². The lowest BCUT2D eigenvalue weighted by molar-refractivity contribution is 0.180. The van der Waals surface area contributed by atoms with E-state index in [1.54, 1.807) is 0 Å². The summed E-state index contributed by atoms with van der Waals surface area (Å²) in [4.78, 5) is 2.55. The fraction of sp³-hybridized carbons (Fsp3) is 0.478. The van der Waals surface area contributed by atoms with E-state index in [4.69, 9.17) is 4.74 Å². The molecule has 0 bridgehead atoms. The smallest absolute Gasteiger partial charge is 0.119 e. The van der Waals surface area contributed by atoms with Gasteiger partial charge in [0.1, 0.15) is 5.75 Å². The van der Waals surface area contributed by atoms with Crippen LogP contribution in [0.3, 0.4) is 0 Å². The summed E-state index contributed by atoms with van der Waals surface area (Å²) in [5.41, 5.74) is 5.67. The molecule has 2 aromatic rings. The Bertz CT molecular complexity index is 721. The predicted molar refractivity (Wildman–Crippen MR) is 106 cm³/mol. The van der Waals surface area contributed by atoms with Crippen LogP contribution in [-0.4, -0.2) is 25.1 Å². The molecule has 0 saturated heterocycles. The number of nitrogens with zero attached hydrogens (tertiary/aromatic N) is 1. The van der Waals surface area contributed by atoms with Gasteiger partial charge < -0.3 is 10.1 Å². The topological polar surface area (TPSA) is 24.5 Å². The number of benzene rings is 2. The highest BCUT2D eigenvalue weighted by Crippen LogP contribution is 2.29. The zero-order valence-electron chi connectivity index (χ0n) is 15.8. The highest BCUT2D eigenvalue weighted by atomic mass is 16.5. The summed E-state index contributed by atoms with van der Waals surface area (Å²) >= 11 is 0. The van der Waals surface area contributed by atoms with Crippen molar-refractivity contribution < 1.29 is 4.74 Å². The van der Waals surface area contributed by atoms with Crippen LogP contribution in [0.2, 0.25) is 0 Å². The maximum absolute atomic E-state index is 6.01. The summed E-state index contributed by atoms with van der Waals surface area (Å²) in [6.45, 7) is 5.02. The van der Waals surface area contributed by atoms with Gasteiger partial charge in [-0.2, -0.15) is 0 Å². The Morgan fingerprint density at radius 3 is 2.58 bits per heavy atom. The van der Waals surface area contributed by atoms with E-state index in [0.717, 1.165) is 50.9 Å². The Hall–Kier alpha value is -1.84. The van der Waals surface area contributed by atoms with Gasteiger partial charge in [-0.1, -0.05) is 36.8 Å². The van der Waals surface area contributed by atoms with Crippen molar-refractivity contribution in [2.45, 2.75) is 45.3 Å². The summed E-state index contributed by atoms with van der Waals surface area (Å²) in [7, 11) is 1.99. The maximum atomic E-state index is 6.01. The van der Waals surface area contributed by atoms with Crippen molar-refractivity contribution >= 4 is 0 Å². The molecule has 1 fully saturated rings. The van der Waals surface area contributed by atoms with Gasteiger partial charge in [-0.15, -0.1) is 0 Å². The standard InChI is InChI=1S/C23H30N2O/c1-24-14-18-5-7-19(8-6-18)15-25-12-11-21-13-23(10-9-22(21)16-25)26-17-20-3-2-4-20/h5-10,13,20,24H,2-4,11-12,14-17H2,1H3. The van der Waals surface area contributed by atoms with E-state index < -0.39 is 0 Å². The maximum Gasteiger partial charge on any atom is 0.119 e. The first-order chi connectivity index (χ1) is 12.8. The molecule has 0 radical (unpaired) electrons. The number of nitrogens with one attached hydrogen (secondary N) is 1. The zero-order valence-corrected chi connectivity index (χ0v) is 15.8. The van der Waals surface area contributed by atoms with Crippen LogP contribution in [0, 0.1) is 5.92 Å². The first-order valence-electron chi connectivity index (χ1n) is 9.99. The van der Waals surface area contributed by atoms with E-state index in [2.05, 4.69) is 52.7 Å². The van der Waals surface area contributed by atoms with Gasteiger partial charge in [-0.3, -0.25) is 4.90 Å². The minimum Gasteiger partial charge on any atom is -0.493 e. The minimum atomic E-state index is 0.793. The van der Waals surface area contributed by atoms with Crippen molar-refractivity contribution in [1.82, 2.24) is 10.2 Å². The molecule has 26 heavy (non-hydrogen) atoms. The predicted octanol–water partition coefficient (Wildman–Crippen LogP) is 4.14. The molecule has 0 aromatic heterocycles. The monoisotopic (exact) mass is 350 g/mol. The third kappa shape index (κ3) is 4.28. The van der Waals surface area contributed by atoms with Crippen LogP contribution in [0.5, 0.6) is 5.75 Å². The molecular weight excluding hydrogens is 320 g/mol. The molecule has 3 heteroatoms. The van der Waals surface area contributed by atoms with Gasteiger partial charge in [0.2, 0.25) is 0 Å². The molecule has 2 aromatic carbocycles. The zero-order chi connectivity index (χ0) is 17.8. The van der Waals surface area contributed by atoms with Crippen LogP contribution in [-0.2, 0) is 26.1 Å².